The monoisotopic (exact) mass is 385 g/mol. The molecule has 1 aromatic rings. The summed E-state index contributed by atoms with van der Waals surface area (Å²) in [4.78, 5) is 29.7. The number of amides is 2. The first-order valence-corrected chi connectivity index (χ1v) is 10.2. The topological polar surface area (TPSA) is 64.7 Å². The molecule has 0 spiro atoms. The third kappa shape index (κ3) is 3.18. The molecule has 0 bridgehead atoms. The van der Waals surface area contributed by atoms with Crippen LogP contribution in [0.3, 0.4) is 0 Å². The number of rotatable bonds is 4. The maximum absolute atomic E-state index is 12.7. The van der Waals surface area contributed by atoms with Gasteiger partial charge in [-0.15, -0.1) is 0 Å². The van der Waals surface area contributed by atoms with Crippen molar-refractivity contribution in [2.45, 2.75) is 19.4 Å². The van der Waals surface area contributed by atoms with Crippen LogP contribution in [0.4, 0.5) is 0 Å². The number of nitrogens with one attached hydrogen (secondary N) is 2. The van der Waals surface area contributed by atoms with Crippen LogP contribution in [-0.2, 0) is 16.1 Å². The average molecular weight is 385 g/mol. The highest BCUT2D eigenvalue weighted by Crippen LogP contribution is 2.34. The van der Waals surface area contributed by atoms with E-state index in [1.54, 1.807) is 4.90 Å². The largest absolute Gasteiger partial charge is 0.454 e. The van der Waals surface area contributed by atoms with Gasteiger partial charge in [0.2, 0.25) is 18.6 Å². The number of hydrogen-bond donors (Lipinski definition) is 2. The van der Waals surface area contributed by atoms with Gasteiger partial charge in [-0.3, -0.25) is 9.59 Å². The van der Waals surface area contributed by atoms with Gasteiger partial charge in [-0.1, -0.05) is 12.2 Å². The molecule has 0 saturated carbocycles. The predicted octanol–water partition coefficient (Wildman–Crippen LogP) is -1.39. The molecule has 28 heavy (non-hydrogen) atoms. The summed E-state index contributed by atoms with van der Waals surface area (Å²) in [5.74, 6) is 1.51. The van der Waals surface area contributed by atoms with E-state index < -0.39 is 0 Å². The highest BCUT2D eigenvalue weighted by atomic mass is 16.7. The smallest absolute Gasteiger partial charge is 0.237 e. The zero-order valence-corrected chi connectivity index (χ0v) is 16.0. The van der Waals surface area contributed by atoms with Crippen molar-refractivity contribution >= 4 is 11.8 Å². The van der Waals surface area contributed by atoms with Crippen LogP contribution >= 0.6 is 0 Å². The van der Waals surface area contributed by atoms with E-state index >= 15 is 0 Å². The number of nitrogens with zero attached hydrogens (tertiary/aromatic N) is 1. The van der Waals surface area contributed by atoms with Gasteiger partial charge in [0.25, 0.3) is 0 Å². The van der Waals surface area contributed by atoms with Crippen LogP contribution in [0.5, 0.6) is 11.5 Å². The first-order chi connectivity index (χ1) is 13.7. The lowest BCUT2D eigenvalue weighted by molar-refractivity contribution is -1.02. The Bertz CT molecular complexity index is 790. The van der Waals surface area contributed by atoms with Crippen LogP contribution in [0.1, 0.15) is 18.4 Å². The molecule has 3 heterocycles. The Labute approximate surface area is 164 Å². The number of carbonyl (C=O) groups excluding carboxylic acids is 2. The first-order valence-electron chi connectivity index (χ1n) is 10.2. The van der Waals surface area contributed by atoms with Crippen LogP contribution in [0.25, 0.3) is 0 Å². The second kappa shape index (κ2) is 7.22. The normalized spacial score (nSPS) is 31.4. The lowest BCUT2D eigenvalue weighted by Crippen LogP contribution is -3.28. The number of benzene rings is 1. The molecule has 3 aliphatic heterocycles. The second-order valence-electron chi connectivity index (χ2n) is 8.28. The molecule has 2 amide bonds. The van der Waals surface area contributed by atoms with E-state index in [1.807, 2.05) is 18.2 Å². The van der Waals surface area contributed by atoms with Crippen LogP contribution in [0, 0.1) is 11.8 Å². The number of carbonyl (C=O) groups is 2. The Kier molecular flexibility index (Phi) is 4.56. The van der Waals surface area contributed by atoms with E-state index in [2.05, 4.69) is 12.1 Å². The summed E-state index contributed by atoms with van der Waals surface area (Å²) in [5.41, 5.74) is 1.25. The van der Waals surface area contributed by atoms with Crippen molar-refractivity contribution in [1.29, 1.82) is 0 Å². The van der Waals surface area contributed by atoms with Gasteiger partial charge < -0.3 is 19.3 Å². The molecule has 5 rings (SSSR count). The van der Waals surface area contributed by atoms with Gasteiger partial charge in [-0.25, -0.2) is 4.90 Å². The molecule has 0 unspecified atom stereocenters. The predicted molar refractivity (Wildman–Crippen MR) is 99.7 cm³/mol. The van der Waals surface area contributed by atoms with E-state index in [4.69, 9.17) is 9.47 Å². The van der Waals surface area contributed by atoms with Crippen molar-refractivity contribution in [3.8, 4) is 11.5 Å². The van der Waals surface area contributed by atoms with E-state index in [9.17, 15) is 9.59 Å². The molecule has 7 heteroatoms. The van der Waals surface area contributed by atoms with Crippen LogP contribution in [-0.4, -0.2) is 56.4 Å². The maximum atomic E-state index is 12.7. The van der Waals surface area contributed by atoms with E-state index in [1.165, 1.54) is 15.4 Å². The average Bonchev–Trinajstić information content (AvgIpc) is 3.28. The standard InChI is InChI=1S/C21H25N3O4/c25-20-16-3-1-2-4-17(16)21(26)24(20)13-23-9-7-22(8-10-23)12-15-5-6-18-19(11-15)28-14-27-18/h1-2,5-6,11,16-17H,3-4,7-10,12-14H2/p+2/t16-,17-/m1/s1. The Hall–Kier alpha value is -2.38. The maximum Gasteiger partial charge on any atom is 0.237 e. The number of likely N-dealkylation sites (tertiary alicyclic amines) is 1. The minimum Gasteiger partial charge on any atom is -0.454 e. The minimum atomic E-state index is -0.116. The molecule has 4 aliphatic rings. The SMILES string of the molecule is O=C1[C@@H]2CC=CC[C@H]2C(=O)N1C[NH+]1CC[NH+](Cc2ccc3c(c2)OCO3)CC1. The van der Waals surface area contributed by atoms with Crippen molar-refractivity contribution in [2.75, 3.05) is 39.6 Å². The molecule has 2 fully saturated rings. The number of fused-ring (bicyclic) bond motifs is 2. The fraction of sp³-hybridized carbons (Fsp3) is 0.524. The highest BCUT2D eigenvalue weighted by Gasteiger charge is 2.48. The Morgan fingerprint density at radius 1 is 0.893 bits per heavy atom. The third-order valence-corrected chi connectivity index (χ3v) is 6.54. The molecule has 2 N–H and O–H groups in total. The number of hydrogen-bond acceptors (Lipinski definition) is 4. The van der Waals surface area contributed by atoms with Crippen LogP contribution in [0.15, 0.2) is 30.4 Å². The number of allylic oxidation sites excluding steroid dienone is 2. The summed E-state index contributed by atoms with van der Waals surface area (Å²) >= 11 is 0. The van der Waals surface area contributed by atoms with Gasteiger partial charge in [-0.2, -0.15) is 0 Å². The van der Waals surface area contributed by atoms with E-state index in [0.717, 1.165) is 44.2 Å². The second-order valence-corrected chi connectivity index (χ2v) is 8.28. The minimum absolute atomic E-state index is 0.0435. The van der Waals surface area contributed by atoms with E-state index in [0.29, 0.717) is 26.3 Å². The molecular formula is C21H27N3O4+2. The molecule has 1 aromatic carbocycles. The van der Waals surface area contributed by atoms with Gasteiger partial charge in [0.15, 0.2) is 18.2 Å². The quantitative estimate of drug-likeness (QED) is 0.495. The molecular weight excluding hydrogens is 358 g/mol. The number of piperazine rings is 1. The summed E-state index contributed by atoms with van der Waals surface area (Å²) in [6.07, 6.45) is 5.52. The van der Waals surface area contributed by atoms with Crippen molar-refractivity contribution in [3.05, 3.63) is 35.9 Å². The first kappa shape index (κ1) is 17.7. The van der Waals surface area contributed by atoms with Crippen LogP contribution in [0.2, 0.25) is 0 Å². The summed E-state index contributed by atoms with van der Waals surface area (Å²) in [7, 11) is 0. The molecule has 7 nitrogen and oxygen atoms in total. The van der Waals surface area contributed by atoms with Crippen LogP contribution < -0.4 is 19.3 Å². The molecule has 2 atom stereocenters. The lowest BCUT2D eigenvalue weighted by Gasteiger charge is -2.31. The van der Waals surface area contributed by atoms with Gasteiger partial charge >= 0.3 is 0 Å². The fourth-order valence-electron chi connectivity index (χ4n) is 4.88. The molecule has 0 aromatic heterocycles. The number of ether oxygens (including phenoxy) is 2. The van der Waals surface area contributed by atoms with Gasteiger partial charge in [0.05, 0.1) is 11.8 Å². The third-order valence-electron chi connectivity index (χ3n) is 6.54. The highest BCUT2D eigenvalue weighted by molar-refractivity contribution is 6.05. The fourth-order valence-corrected chi connectivity index (χ4v) is 4.88. The van der Waals surface area contributed by atoms with Crippen molar-refractivity contribution in [1.82, 2.24) is 4.90 Å². The summed E-state index contributed by atoms with van der Waals surface area (Å²) in [6, 6.07) is 6.17. The van der Waals surface area contributed by atoms with Crippen molar-refractivity contribution in [3.63, 3.8) is 0 Å². The summed E-state index contributed by atoms with van der Waals surface area (Å²) < 4.78 is 10.8. The molecule has 1 aliphatic carbocycles. The number of quaternary nitrogens is 2. The molecule has 148 valence electrons. The summed E-state index contributed by atoms with van der Waals surface area (Å²) in [5, 5.41) is 0. The lowest BCUT2D eigenvalue weighted by atomic mass is 9.85. The molecule has 0 radical (unpaired) electrons. The van der Waals surface area contributed by atoms with Crippen molar-refractivity contribution < 1.29 is 28.9 Å². The zero-order chi connectivity index (χ0) is 19.1. The Balaban J connectivity index is 1.14. The van der Waals surface area contributed by atoms with Gasteiger partial charge in [0, 0.05) is 5.56 Å². The van der Waals surface area contributed by atoms with E-state index in [-0.39, 0.29) is 23.7 Å². The molecule has 2 saturated heterocycles. The Morgan fingerprint density at radius 2 is 1.54 bits per heavy atom. The van der Waals surface area contributed by atoms with Crippen molar-refractivity contribution in [2.24, 2.45) is 11.8 Å². The van der Waals surface area contributed by atoms with Gasteiger partial charge in [-0.05, 0) is 31.0 Å². The summed E-state index contributed by atoms with van der Waals surface area (Å²) in [6.45, 7) is 5.82. The Morgan fingerprint density at radius 3 is 2.25 bits per heavy atom. The zero-order valence-electron chi connectivity index (χ0n) is 16.0. The van der Waals surface area contributed by atoms with Gasteiger partial charge in [0.1, 0.15) is 32.7 Å². The number of imide groups is 1.